The number of nitrogens with one attached hydrogen (secondary N) is 1. The molecule has 0 spiro atoms. The molecule has 2 aromatic carbocycles. The van der Waals surface area contributed by atoms with Crippen LogP contribution in [0.1, 0.15) is 28.9 Å². The lowest BCUT2D eigenvalue weighted by molar-refractivity contribution is -0.135. The number of nitrogens with zero attached hydrogens (tertiary/aromatic N) is 2. The summed E-state index contributed by atoms with van der Waals surface area (Å²) in [7, 11) is 1.62. The van der Waals surface area contributed by atoms with Crippen molar-refractivity contribution in [3.05, 3.63) is 70.3 Å². The van der Waals surface area contributed by atoms with Crippen LogP contribution in [-0.4, -0.2) is 46.7 Å². The van der Waals surface area contributed by atoms with E-state index >= 15 is 0 Å². The number of aromatic amines is 1. The van der Waals surface area contributed by atoms with Crippen LogP contribution in [0.5, 0.6) is 5.75 Å². The van der Waals surface area contributed by atoms with Crippen LogP contribution in [0, 0.1) is 0 Å². The summed E-state index contributed by atoms with van der Waals surface area (Å²) in [5.74, 6) is -0.0484. The zero-order valence-corrected chi connectivity index (χ0v) is 18.6. The number of carbonyl (C=O) groups is 2. The van der Waals surface area contributed by atoms with Gasteiger partial charge in [0, 0.05) is 22.6 Å². The average Bonchev–Trinajstić information content (AvgIpc) is 3.51. The Bertz CT molecular complexity index is 1060. The van der Waals surface area contributed by atoms with Crippen molar-refractivity contribution in [2.45, 2.75) is 25.4 Å². The van der Waals surface area contributed by atoms with Crippen molar-refractivity contribution in [3.8, 4) is 17.0 Å². The maximum absolute atomic E-state index is 12.7. The van der Waals surface area contributed by atoms with Crippen molar-refractivity contribution in [2.24, 2.45) is 0 Å². The third-order valence-corrected chi connectivity index (χ3v) is 5.61. The van der Waals surface area contributed by atoms with Gasteiger partial charge in [-0.1, -0.05) is 40.2 Å². The van der Waals surface area contributed by atoms with E-state index < -0.39 is 5.97 Å². The highest BCUT2D eigenvalue weighted by Gasteiger charge is 2.33. The van der Waals surface area contributed by atoms with Gasteiger partial charge in [0.25, 0.3) is 5.91 Å². The zero-order valence-electron chi connectivity index (χ0n) is 17.0. The first-order chi connectivity index (χ1) is 15.0. The molecule has 0 unspecified atom stereocenters. The van der Waals surface area contributed by atoms with Gasteiger partial charge in [0.15, 0.2) is 6.61 Å². The first-order valence-corrected chi connectivity index (χ1v) is 10.7. The monoisotopic (exact) mass is 483 g/mol. The number of esters is 1. The minimum atomic E-state index is -0.607. The van der Waals surface area contributed by atoms with E-state index in [1.165, 1.54) is 0 Å². The van der Waals surface area contributed by atoms with Crippen molar-refractivity contribution in [1.82, 2.24) is 15.1 Å². The largest absolute Gasteiger partial charge is 0.497 e. The van der Waals surface area contributed by atoms with Gasteiger partial charge < -0.3 is 14.4 Å². The molecule has 1 N–H and O–H groups in total. The minimum absolute atomic E-state index is 0.199. The Morgan fingerprint density at radius 3 is 2.48 bits per heavy atom. The summed E-state index contributed by atoms with van der Waals surface area (Å²) in [4.78, 5) is 26.9. The number of ether oxygens (including phenoxy) is 2. The van der Waals surface area contributed by atoms with Gasteiger partial charge in [0.1, 0.15) is 11.4 Å². The van der Waals surface area contributed by atoms with Crippen molar-refractivity contribution >= 4 is 27.8 Å². The molecule has 0 aliphatic heterocycles. The number of H-pyrrole nitrogens is 1. The van der Waals surface area contributed by atoms with E-state index in [9.17, 15) is 9.59 Å². The van der Waals surface area contributed by atoms with E-state index in [1.807, 2.05) is 48.5 Å². The Morgan fingerprint density at radius 2 is 1.84 bits per heavy atom. The van der Waals surface area contributed by atoms with Gasteiger partial charge in [0.05, 0.1) is 12.8 Å². The van der Waals surface area contributed by atoms with E-state index in [0.717, 1.165) is 34.2 Å². The second kappa shape index (κ2) is 9.34. The molecule has 0 bridgehead atoms. The third-order valence-electron chi connectivity index (χ3n) is 5.08. The Kier molecular flexibility index (Phi) is 6.36. The lowest BCUT2D eigenvalue weighted by atomic mass is 10.1. The van der Waals surface area contributed by atoms with Gasteiger partial charge in [-0.15, -0.1) is 0 Å². The molecule has 1 aliphatic carbocycles. The lowest BCUT2D eigenvalue weighted by Crippen LogP contribution is -2.36. The summed E-state index contributed by atoms with van der Waals surface area (Å²) in [6.07, 6.45) is 1.93. The molecule has 1 saturated carbocycles. The second-order valence-corrected chi connectivity index (χ2v) is 8.27. The zero-order chi connectivity index (χ0) is 21.8. The third kappa shape index (κ3) is 5.32. The predicted octanol–water partition coefficient (Wildman–Crippen LogP) is 4.20. The Labute approximate surface area is 188 Å². The smallest absolute Gasteiger partial charge is 0.356 e. The van der Waals surface area contributed by atoms with Crippen molar-refractivity contribution < 1.29 is 19.1 Å². The average molecular weight is 484 g/mol. The molecule has 31 heavy (non-hydrogen) atoms. The lowest BCUT2D eigenvalue weighted by Gasteiger charge is -2.22. The molecule has 0 saturated heterocycles. The summed E-state index contributed by atoms with van der Waals surface area (Å²) < 4.78 is 11.4. The van der Waals surface area contributed by atoms with Crippen molar-refractivity contribution in [1.29, 1.82) is 0 Å². The van der Waals surface area contributed by atoms with Gasteiger partial charge >= 0.3 is 5.97 Å². The van der Waals surface area contributed by atoms with Crippen LogP contribution in [0.2, 0.25) is 0 Å². The van der Waals surface area contributed by atoms with Crippen molar-refractivity contribution in [2.75, 3.05) is 13.7 Å². The number of hydrogen-bond donors (Lipinski definition) is 1. The molecule has 3 aromatic rings. The van der Waals surface area contributed by atoms with Crippen LogP contribution < -0.4 is 4.74 Å². The second-order valence-electron chi connectivity index (χ2n) is 7.35. The quantitative estimate of drug-likeness (QED) is 0.485. The Balaban J connectivity index is 1.35. The van der Waals surface area contributed by atoms with E-state index in [2.05, 4.69) is 26.1 Å². The van der Waals surface area contributed by atoms with Crippen LogP contribution >= 0.6 is 15.9 Å². The first-order valence-electron chi connectivity index (χ1n) is 9.94. The molecule has 4 rings (SSSR count). The molecule has 8 heteroatoms. The number of aromatic nitrogens is 2. The van der Waals surface area contributed by atoms with Gasteiger partial charge in [-0.05, 0) is 48.7 Å². The van der Waals surface area contributed by atoms with E-state index in [-0.39, 0.29) is 24.2 Å². The number of hydrogen-bond acceptors (Lipinski definition) is 5. The maximum atomic E-state index is 12.7. The molecule has 1 fully saturated rings. The summed E-state index contributed by atoms with van der Waals surface area (Å²) >= 11 is 3.39. The van der Waals surface area contributed by atoms with Crippen molar-refractivity contribution in [3.63, 3.8) is 0 Å². The van der Waals surface area contributed by atoms with E-state index in [0.29, 0.717) is 12.2 Å². The normalized spacial score (nSPS) is 13.0. The summed E-state index contributed by atoms with van der Waals surface area (Å²) in [6, 6.07) is 17.0. The van der Waals surface area contributed by atoms with Crippen LogP contribution in [-0.2, 0) is 16.1 Å². The fraction of sp³-hybridized carbons (Fsp3) is 0.261. The van der Waals surface area contributed by atoms with Gasteiger partial charge in [-0.2, -0.15) is 5.10 Å². The number of benzene rings is 2. The fourth-order valence-corrected chi connectivity index (χ4v) is 3.48. The highest BCUT2D eigenvalue weighted by molar-refractivity contribution is 9.10. The molecule has 0 atom stereocenters. The number of carbonyl (C=O) groups excluding carboxylic acids is 2. The summed E-state index contributed by atoms with van der Waals surface area (Å²) in [5, 5.41) is 6.85. The van der Waals surface area contributed by atoms with Crippen LogP contribution in [0.3, 0.4) is 0 Å². The molecule has 1 aliphatic rings. The standard InChI is InChI=1S/C23H22BrN3O4/c1-30-19-10-2-15(3-11-19)13-27(18-8-9-18)22(28)14-31-23(29)21-12-20(25-26-21)16-4-6-17(24)7-5-16/h2-7,10-12,18H,8-9,13-14H2,1H3,(H,25,26). The molecular formula is C23H22BrN3O4. The topological polar surface area (TPSA) is 84.5 Å². The number of rotatable bonds is 8. The molecule has 1 heterocycles. The Hall–Kier alpha value is -3.13. The number of methoxy groups -OCH3 is 1. The van der Waals surface area contributed by atoms with Crippen LogP contribution in [0.15, 0.2) is 59.1 Å². The molecule has 0 radical (unpaired) electrons. The maximum Gasteiger partial charge on any atom is 0.356 e. The predicted molar refractivity (Wildman–Crippen MR) is 119 cm³/mol. The first kappa shape index (κ1) is 21.1. The van der Waals surface area contributed by atoms with Gasteiger partial charge in [-0.3, -0.25) is 9.89 Å². The minimum Gasteiger partial charge on any atom is -0.497 e. The Morgan fingerprint density at radius 1 is 1.13 bits per heavy atom. The SMILES string of the molecule is COc1ccc(CN(C(=O)COC(=O)c2cc(-c3ccc(Br)cc3)n[nH]2)C2CC2)cc1. The van der Waals surface area contributed by atoms with E-state index in [4.69, 9.17) is 9.47 Å². The molecule has 160 valence electrons. The summed E-state index contributed by atoms with van der Waals surface area (Å²) in [5.41, 5.74) is 2.71. The van der Waals surface area contributed by atoms with Gasteiger partial charge in [-0.25, -0.2) is 4.79 Å². The van der Waals surface area contributed by atoms with Gasteiger partial charge in [0.2, 0.25) is 0 Å². The molecular weight excluding hydrogens is 462 g/mol. The van der Waals surface area contributed by atoms with Crippen LogP contribution in [0.25, 0.3) is 11.3 Å². The van der Waals surface area contributed by atoms with E-state index in [1.54, 1.807) is 18.1 Å². The molecule has 1 aromatic heterocycles. The number of halogens is 1. The highest BCUT2D eigenvalue weighted by atomic mass is 79.9. The van der Waals surface area contributed by atoms with Crippen LogP contribution in [0.4, 0.5) is 0 Å². The highest BCUT2D eigenvalue weighted by Crippen LogP contribution is 2.29. The molecule has 7 nitrogen and oxygen atoms in total. The number of amides is 1. The molecule has 1 amide bonds. The summed E-state index contributed by atoms with van der Waals surface area (Å²) in [6.45, 7) is 0.168. The fourth-order valence-electron chi connectivity index (χ4n) is 3.22.